The molecule has 0 atom stereocenters. The Morgan fingerprint density at radius 3 is 2.62 bits per heavy atom. The lowest BCUT2D eigenvalue weighted by Gasteiger charge is -2.13. The summed E-state index contributed by atoms with van der Waals surface area (Å²) in [6, 6.07) is 5.50. The van der Waals surface area contributed by atoms with E-state index in [0.717, 1.165) is 0 Å². The van der Waals surface area contributed by atoms with Gasteiger partial charge in [0, 0.05) is 18.7 Å². The van der Waals surface area contributed by atoms with Crippen LogP contribution in [0.5, 0.6) is 0 Å². The van der Waals surface area contributed by atoms with Crippen LogP contribution in [-0.2, 0) is 14.3 Å². The van der Waals surface area contributed by atoms with Gasteiger partial charge in [0.1, 0.15) is 6.61 Å². The molecule has 0 aliphatic carbocycles. The number of hydrogen-bond donors (Lipinski definition) is 1. The highest BCUT2D eigenvalue weighted by molar-refractivity contribution is 8.18. The number of thioether (sulfide) groups is 1. The average molecular weight is 351 g/mol. The zero-order valence-electron chi connectivity index (χ0n) is 12.6. The Kier molecular flexibility index (Phi) is 5.66. The summed E-state index contributed by atoms with van der Waals surface area (Å²) in [6.45, 7) is 1.77. The van der Waals surface area contributed by atoms with Crippen molar-refractivity contribution in [2.24, 2.45) is 0 Å². The lowest BCUT2D eigenvalue weighted by atomic mass is 10.2. The van der Waals surface area contributed by atoms with Crippen molar-refractivity contribution in [1.29, 1.82) is 0 Å². The Hall–Kier alpha value is -2.72. The number of nitrogens with one attached hydrogen (secondary N) is 1. The molecule has 1 aliphatic heterocycles. The number of carbonyl (C=O) groups excluding carboxylic acids is 3. The van der Waals surface area contributed by atoms with E-state index >= 15 is 0 Å². The van der Waals surface area contributed by atoms with Gasteiger partial charge >= 0.3 is 5.24 Å². The zero-order chi connectivity index (χ0) is 17.7. The molecule has 1 heterocycles. The standard InChI is InChI=1S/C14H13N3O6S/c1-2-23-8-12(18)15-16-13(19)11(24-14(16)20)7-9-3-5-10(6-4-9)17(21)22/h3-7H,2,8H2,1H3,(H,15,18)/b11-7-. The van der Waals surface area contributed by atoms with E-state index in [2.05, 4.69) is 5.43 Å². The molecule has 0 bridgehead atoms. The van der Waals surface area contributed by atoms with Crippen molar-refractivity contribution in [3.63, 3.8) is 0 Å². The van der Waals surface area contributed by atoms with Gasteiger partial charge in [0.15, 0.2) is 0 Å². The second-order valence-electron chi connectivity index (χ2n) is 4.54. The molecule has 0 radical (unpaired) electrons. The maximum absolute atomic E-state index is 12.2. The Morgan fingerprint density at radius 1 is 1.38 bits per heavy atom. The number of carbonyl (C=O) groups is 3. The number of imide groups is 1. The minimum absolute atomic E-state index is 0.0801. The van der Waals surface area contributed by atoms with Crippen LogP contribution in [-0.4, -0.2) is 40.2 Å². The minimum atomic E-state index is -0.673. The fraction of sp³-hybridized carbons (Fsp3) is 0.214. The molecule has 1 N–H and O–H groups in total. The first-order valence-corrected chi connectivity index (χ1v) is 7.63. The van der Waals surface area contributed by atoms with Crippen LogP contribution in [0.4, 0.5) is 10.5 Å². The molecule has 0 aromatic heterocycles. The van der Waals surface area contributed by atoms with Gasteiger partial charge in [-0.15, -0.1) is 0 Å². The van der Waals surface area contributed by atoms with Crippen LogP contribution >= 0.6 is 11.8 Å². The number of benzene rings is 1. The monoisotopic (exact) mass is 351 g/mol. The number of hydrazine groups is 1. The maximum atomic E-state index is 12.2. The number of rotatable bonds is 6. The van der Waals surface area contributed by atoms with E-state index in [1.165, 1.54) is 30.3 Å². The molecule has 10 heteroatoms. The van der Waals surface area contributed by atoms with Crippen molar-refractivity contribution in [1.82, 2.24) is 10.4 Å². The van der Waals surface area contributed by atoms with E-state index in [1.54, 1.807) is 6.92 Å². The Balaban J connectivity index is 2.09. The van der Waals surface area contributed by atoms with E-state index in [1.807, 2.05) is 0 Å². The molecular weight excluding hydrogens is 338 g/mol. The minimum Gasteiger partial charge on any atom is -0.372 e. The largest absolute Gasteiger partial charge is 0.372 e. The molecule has 1 aromatic carbocycles. The third-order valence-corrected chi connectivity index (χ3v) is 3.74. The fourth-order valence-electron chi connectivity index (χ4n) is 1.76. The van der Waals surface area contributed by atoms with E-state index in [-0.39, 0.29) is 17.2 Å². The topological polar surface area (TPSA) is 119 Å². The van der Waals surface area contributed by atoms with Gasteiger partial charge in [-0.2, -0.15) is 5.01 Å². The van der Waals surface area contributed by atoms with Crippen molar-refractivity contribution < 1.29 is 24.0 Å². The molecule has 0 saturated carbocycles. The molecular formula is C14H13N3O6S. The number of amides is 3. The van der Waals surface area contributed by atoms with Gasteiger partial charge in [0.2, 0.25) is 0 Å². The molecule has 1 aromatic rings. The number of hydrogen-bond acceptors (Lipinski definition) is 7. The highest BCUT2D eigenvalue weighted by Crippen LogP contribution is 2.31. The van der Waals surface area contributed by atoms with Crippen molar-refractivity contribution in [2.75, 3.05) is 13.2 Å². The molecule has 0 unspecified atom stereocenters. The summed E-state index contributed by atoms with van der Waals surface area (Å²) in [6.07, 6.45) is 1.42. The molecule has 1 aliphatic rings. The summed E-state index contributed by atoms with van der Waals surface area (Å²) in [5, 5.41) is 10.6. The summed E-state index contributed by atoms with van der Waals surface area (Å²) in [4.78, 5) is 45.7. The van der Waals surface area contributed by atoms with Gasteiger partial charge in [-0.05, 0) is 42.5 Å². The van der Waals surface area contributed by atoms with Crippen LogP contribution in [0.15, 0.2) is 29.2 Å². The number of nitro benzene ring substituents is 1. The number of non-ortho nitro benzene ring substituents is 1. The SMILES string of the molecule is CCOCC(=O)NN1C(=O)S/C(=C\c2ccc([N+](=O)[O-])cc2)C1=O. The molecule has 3 amide bonds. The van der Waals surface area contributed by atoms with Crippen molar-refractivity contribution in [3.05, 3.63) is 44.8 Å². The Labute approximate surface area is 140 Å². The van der Waals surface area contributed by atoms with Gasteiger partial charge in [0.25, 0.3) is 17.5 Å². The summed E-state index contributed by atoms with van der Waals surface area (Å²) in [5.41, 5.74) is 2.61. The molecule has 0 spiro atoms. The molecule has 24 heavy (non-hydrogen) atoms. The molecule has 1 saturated heterocycles. The van der Waals surface area contributed by atoms with Crippen LogP contribution in [0.1, 0.15) is 12.5 Å². The van der Waals surface area contributed by atoms with Crippen LogP contribution < -0.4 is 5.43 Å². The maximum Gasteiger partial charge on any atom is 0.312 e. The predicted octanol–water partition coefficient (Wildman–Crippen LogP) is 1.70. The second-order valence-corrected chi connectivity index (χ2v) is 5.53. The van der Waals surface area contributed by atoms with Gasteiger partial charge in [-0.25, -0.2) is 0 Å². The summed E-state index contributed by atoms with van der Waals surface area (Å²) >= 11 is 0.662. The smallest absolute Gasteiger partial charge is 0.312 e. The van der Waals surface area contributed by atoms with Gasteiger partial charge in [-0.3, -0.25) is 29.9 Å². The first-order chi connectivity index (χ1) is 11.4. The third-order valence-electron chi connectivity index (χ3n) is 2.87. The van der Waals surface area contributed by atoms with Crippen LogP contribution in [0.3, 0.4) is 0 Å². The van der Waals surface area contributed by atoms with E-state index in [4.69, 9.17) is 4.74 Å². The lowest BCUT2D eigenvalue weighted by Crippen LogP contribution is -2.46. The summed E-state index contributed by atoms with van der Waals surface area (Å²) < 4.78 is 4.89. The van der Waals surface area contributed by atoms with Gasteiger partial charge in [-0.1, -0.05) is 0 Å². The normalized spacial score (nSPS) is 15.9. The van der Waals surface area contributed by atoms with Crippen LogP contribution in [0.25, 0.3) is 6.08 Å². The third kappa shape index (κ3) is 4.18. The van der Waals surface area contributed by atoms with E-state index < -0.39 is 22.0 Å². The average Bonchev–Trinajstić information content (AvgIpc) is 2.81. The summed E-state index contributed by atoms with van der Waals surface area (Å²) in [5.74, 6) is -1.29. The molecule has 126 valence electrons. The molecule has 2 rings (SSSR count). The zero-order valence-corrected chi connectivity index (χ0v) is 13.4. The highest BCUT2D eigenvalue weighted by Gasteiger charge is 2.36. The van der Waals surface area contributed by atoms with Crippen molar-refractivity contribution >= 4 is 40.6 Å². The van der Waals surface area contributed by atoms with Crippen LogP contribution in [0.2, 0.25) is 0 Å². The number of ether oxygens (including phenoxy) is 1. The highest BCUT2D eigenvalue weighted by atomic mass is 32.2. The molecule has 9 nitrogen and oxygen atoms in total. The first kappa shape index (κ1) is 17.6. The van der Waals surface area contributed by atoms with Gasteiger partial charge in [0.05, 0.1) is 9.83 Å². The van der Waals surface area contributed by atoms with Gasteiger partial charge < -0.3 is 4.74 Å². The van der Waals surface area contributed by atoms with Crippen molar-refractivity contribution in [3.8, 4) is 0 Å². The summed E-state index contributed by atoms with van der Waals surface area (Å²) in [7, 11) is 0. The Morgan fingerprint density at radius 2 is 2.04 bits per heavy atom. The Bertz CT molecular complexity index is 716. The predicted molar refractivity (Wildman–Crippen MR) is 85.5 cm³/mol. The lowest BCUT2D eigenvalue weighted by molar-refractivity contribution is -0.384. The second kappa shape index (κ2) is 7.70. The van der Waals surface area contributed by atoms with Crippen molar-refractivity contribution in [2.45, 2.75) is 6.92 Å². The van der Waals surface area contributed by atoms with Crippen LogP contribution in [0, 0.1) is 10.1 Å². The van der Waals surface area contributed by atoms with E-state index in [0.29, 0.717) is 28.9 Å². The quantitative estimate of drug-likeness (QED) is 0.470. The molecule has 1 fully saturated rings. The fourth-order valence-corrected chi connectivity index (χ4v) is 2.54. The first-order valence-electron chi connectivity index (χ1n) is 6.82. The van der Waals surface area contributed by atoms with E-state index in [9.17, 15) is 24.5 Å². The number of nitro groups is 1. The number of nitrogens with zero attached hydrogens (tertiary/aromatic N) is 2.